The number of nitrogens with zero attached hydrogens (tertiary/aromatic N) is 3. The molecular weight excluding hydrogens is 472 g/mol. The predicted octanol–water partition coefficient (Wildman–Crippen LogP) is 6.27. The summed E-state index contributed by atoms with van der Waals surface area (Å²) in [6.07, 6.45) is 0. The number of hydrogen-bond donors (Lipinski definition) is 2. The van der Waals surface area contributed by atoms with Crippen molar-refractivity contribution in [1.29, 1.82) is 0 Å². The monoisotopic (exact) mass is 483 g/mol. The molecule has 5 heterocycles. The molecule has 0 unspecified atom stereocenters. The third-order valence-electron chi connectivity index (χ3n) is 4.93. The Morgan fingerprint density at radius 1 is 1.06 bits per heavy atom. The molecule has 2 N–H and O–H groups in total. The van der Waals surface area contributed by atoms with E-state index < -0.39 is 12.0 Å². The van der Waals surface area contributed by atoms with Crippen molar-refractivity contribution in [1.82, 2.24) is 15.2 Å². The highest BCUT2D eigenvalue weighted by atomic mass is 32.1. The lowest BCUT2D eigenvalue weighted by atomic mass is 10.1. The Labute approximate surface area is 191 Å². The van der Waals surface area contributed by atoms with Gasteiger partial charge in [-0.25, -0.2) is 4.98 Å². The van der Waals surface area contributed by atoms with Gasteiger partial charge in [0, 0.05) is 10.9 Å². The number of nitrogens with one attached hydrogen (secondary N) is 2. The molecule has 158 valence electrons. The summed E-state index contributed by atoms with van der Waals surface area (Å²) >= 11 is 3.70. The van der Waals surface area contributed by atoms with Crippen LogP contribution < -0.4 is 10.6 Å². The number of pyridine rings is 1. The molecule has 1 aromatic carbocycles. The Bertz CT molecular complexity index is 1480. The highest BCUT2D eigenvalue weighted by Crippen LogP contribution is 2.50. The highest BCUT2D eigenvalue weighted by molar-refractivity contribution is 7.22. The lowest BCUT2D eigenvalue weighted by molar-refractivity contribution is 0.0338. The zero-order valence-corrected chi connectivity index (χ0v) is 18.4. The average Bonchev–Trinajstić information content (AvgIpc) is 3.57. The van der Waals surface area contributed by atoms with Crippen molar-refractivity contribution >= 4 is 61.0 Å². The third-order valence-corrected chi connectivity index (χ3v) is 7.79. The smallest absolute Gasteiger partial charge is 0.321 e. The Morgan fingerprint density at radius 3 is 2.69 bits per heavy atom. The molecule has 6 nitrogen and oxygen atoms in total. The lowest BCUT2D eigenvalue weighted by Crippen LogP contribution is -2.21. The van der Waals surface area contributed by atoms with Crippen molar-refractivity contribution in [3.63, 3.8) is 0 Å². The summed E-state index contributed by atoms with van der Waals surface area (Å²) in [7, 11) is 0. The van der Waals surface area contributed by atoms with Gasteiger partial charge in [-0.15, -0.1) is 32.9 Å². The molecule has 0 radical (unpaired) electrons. The van der Waals surface area contributed by atoms with E-state index in [1.165, 1.54) is 28.7 Å². The zero-order valence-electron chi connectivity index (χ0n) is 15.9. The fraction of sp³-hybridized carbons (Fsp3) is 0.0476. The number of anilines is 2. The molecule has 1 amide bonds. The van der Waals surface area contributed by atoms with Crippen LogP contribution in [-0.2, 0) is 6.05 Å². The van der Waals surface area contributed by atoms with Crippen molar-refractivity contribution in [2.75, 3.05) is 10.6 Å². The summed E-state index contributed by atoms with van der Waals surface area (Å²) in [5, 5.41) is 16.1. The van der Waals surface area contributed by atoms with Gasteiger partial charge < -0.3 is 5.32 Å². The molecule has 32 heavy (non-hydrogen) atoms. The molecule has 0 atom stereocenters. The lowest BCUT2D eigenvalue weighted by Gasteiger charge is -2.13. The van der Waals surface area contributed by atoms with E-state index in [0.29, 0.717) is 15.5 Å². The summed E-state index contributed by atoms with van der Waals surface area (Å²) in [6.45, 7) is 0. The molecule has 5 aromatic rings. The van der Waals surface area contributed by atoms with Gasteiger partial charge in [0.25, 0.3) is 5.91 Å². The van der Waals surface area contributed by atoms with Gasteiger partial charge in [-0.05, 0) is 17.5 Å². The minimum atomic E-state index is -3.29. The number of thiophene rings is 2. The molecule has 4 aromatic heterocycles. The fourth-order valence-electron chi connectivity index (χ4n) is 3.53. The molecule has 0 spiro atoms. The SMILES string of the molecule is O=C(Nc1nnc(-c2ccccc2)s1)c1sc2nc(-c3cccs3)cc3c2c1NC3(F)F. The Balaban J connectivity index is 1.37. The van der Waals surface area contributed by atoms with Gasteiger partial charge >= 0.3 is 6.05 Å². The van der Waals surface area contributed by atoms with E-state index in [2.05, 4.69) is 25.8 Å². The van der Waals surface area contributed by atoms with Gasteiger partial charge in [0.05, 0.1) is 21.8 Å². The first-order valence-corrected chi connectivity index (χ1v) is 11.9. The molecule has 0 saturated carbocycles. The van der Waals surface area contributed by atoms with E-state index in [1.54, 1.807) is 0 Å². The standard InChI is InChI=1S/C21H11F2N5OS3/c22-21(23)11-9-12(13-7-4-8-30-13)24-19-14(11)15(26-21)16(31-19)17(29)25-20-28-27-18(32-20)10-5-2-1-3-6-10/h1-9,26H,(H,25,28,29). The van der Waals surface area contributed by atoms with Crippen LogP contribution in [0.4, 0.5) is 19.6 Å². The van der Waals surface area contributed by atoms with Crippen molar-refractivity contribution in [3.05, 3.63) is 64.4 Å². The summed E-state index contributed by atoms with van der Waals surface area (Å²) in [5.41, 5.74) is 1.27. The van der Waals surface area contributed by atoms with Crippen molar-refractivity contribution < 1.29 is 13.6 Å². The highest BCUT2D eigenvalue weighted by Gasteiger charge is 2.44. The number of carbonyl (C=O) groups excluding carboxylic acids is 1. The van der Waals surface area contributed by atoms with E-state index in [4.69, 9.17) is 0 Å². The van der Waals surface area contributed by atoms with Crippen LogP contribution >= 0.6 is 34.0 Å². The first kappa shape index (κ1) is 19.4. The number of halogens is 2. The average molecular weight is 484 g/mol. The minimum absolute atomic E-state index is 0.0977. The number of amides is 1. The van der Waals surface area contributed by atoms with Crippen molar-refractivity contribution in [2.24, 2.45) is 0 Å². The third kappa shape index (κ3) is 3.08. The maximum absolute atomic E-state index is 14.7. The van der Waals surface area contributed by atoms with Crippen LogP contribution in [0.3, 0.4) is 0 Å². The van der Waals surface area contributed by atoms with Crippen LogP contribution in [0.15, 0.2) is 53.9 Å². The number of rotatable bonds is 4. The number of benzene rings is 1. The van der Waals surface area contributed by atoms with Gasteiger partial charge in [0.1, 0.15) is 14.7 Å². The first-order chi connectivity index (χ1) is 15.5. The Morgan fingerprint density at radius 2 is 1.91 bits per heavy atom. The topological polar surface area (TPSA) is 79.8 Å². The molecule has 0 fully saturated rings. The fourth-order valence-corrected chi connectivity index (χ4v) is 6.01. The van der Waals surface area contributed by atoms with E-state index in [9.17, 15) is 13.6 Å². The van der Waals surface area contributed by atoms with Crippen LogP contribution in [0, 0.1) is 0 Å². The maximum Gasteiger partial charge on any atom is 0.351 e. The normalized spacial score (nSPS) is 13.9. The van der Waals surface area contributed by atoms with E-state index >= 15 is 0 Å². The van der Waals surface area contributed by atoms with Gasteiger partial charge in [-0.1, -0.05) is 47.7 Å². The summed E-state index contributed by atoms with van der Waals surface area (Å²) in [5.74, 6) is -0.535. The molecule has 0 saturated heterocycles. The molecule has 0 bridgehead atoms. The van der Waals surface area contributed by atoms with Crippen LogP contribution in [0.1, 0.15) is 15.2 Å². The van der Waals surface area contributed by atoms with E-state index in [-0.39, 0.29) is 26.6 Å². The van der Waals surface area contributed by atoms with Gasteiger partial charge in [0.15, 0.2) is 0 Å². The molecular formula is C21H11F2N5OS3. The molecule has 0 aliphatic carbocycles. The van der Waals surface area contributed by atoms with Crippen LogP contribution in [-0.4, -0.2) is 21.1 Å². The zero-order chi connectivity index (χ0) is 21.9. The van der Waals surface area contributed by atoms with Crippen molar-refractivity contribution in [3.8, 4) is 21.1 Å². The van der Waals surface area contributed by atoms with Crippen LogP contribution in [0.25, 0.3) is 31.4 Å². The molecule has 1 aliphatic heterocycles. The second kappa shape index (κ2) is 7.12. The molecule has 6 rings (SSSR count). The first-order valence-electron chi connectivity index (χ1n) is 9.38. The summed E-state index contributed by atoms with van der Waals surface area (Å²) < 4.78 is 29.5. The number of alkyl halides is 2. The Kier molecular flexibility index (Phi) is 4.32. The van der Waals surface area contributed by atoms with Gasteiger partial charge in [-0.2, -0.15) is 8.78 Å². The predicted molar refractivity (Wildman–Crippen MR) is 124 cm³/mol. The largest absolute Gasteiger partial charge is 0.351 e. The second-order valence-electron chi connectivity index (χ2n) is 6.95. The maximum atomic E-state index is 14.7. The van der Waals surface area contributed by atoms with Gasteiger partial charge in [0.2, 0.25) is 5.13 Å². The van der Waals surface area contributed by atoms with E-state index in [0.717, 1.165) is 21.8 Å². The minimum Gasteiger partial charge on any atom is -0.321 e. The number of aromatic nitrogens is 3. The molecule has 1 aliphatic rings. The quantitative estimate of drug-likeness (QED) is 0.295. The second-order valence-corrected chi connectivity index (χ2v) is 9.87. The number of carbonyl (C=O) groups is 1. The van der Waals surface area contributed by atoms with Gasteiger partial charge in [-0.3, -0.25) is 10.1 Å². The van der Waals surface area contributed by atoms with Crippen molar-refractivity contribution in [2.45, 2.75) is 6.05 Å². The van der Waals surface area contributed by atoms with Crippen LogP contribution in [0.2, 0.25) is 0 Å². The van der Waals surface area contributed by atoms with Crippen LogP contribution in [0.5, 0.6) is 0 Å². The molecule has 11 heteroatoms. The Hall–Kier alpha value is -3.28. The number of hydrogen-bond acceptors (Lipinski definition) is 8. The summed E-state index contributed by atoms with van der Waals surface area (Å²) in [4.78, 5) is 18.8. The summed E-state index contributed by atoms with van der Waals surface area (Å²) in [6, 6.07) is 11.2. The van der Waals surface area contributed by atoms with E-state index in [1.807, 2.05) is 47.8 Å².